The summed E-state index contributed by atoms with van der Waals surface area (Å²) in [4.78, 5) is 37.5. The molecule has 8 nitrogen and oxygen atoms in total. The molecule has 0 bridgehead atoms. The largest absolute Gasteiger partial charge is 0.478 e. The summed E-state index contributed by atoms with van der Waals surface area (Å²) in [5.74, 6) is -1.18. The lowest BCUT2D eigenvalue weighted by Gasteiger charge is -2.27. The van der Waals surface area contributed by atoms with Crippen LogP contribution < -0.4 is 10.2 Å². The zero-order valence-electron chi connectivity index (χ0n) is 23.3. The van der Waals surface area contributed by atoms with Crippen molar-refractivity contribution in [2.45, 2.75) is 39.8 Å². The highest BCUT2D eigenvalue weighted by molar-refractivity contribution is 5.96. The van der Waals surface area contributed by atoms with E-state index in [-0.39, 0.29) is 23.2 Å². The number of anilines is 1. The Labute approximate surface area is 239 Å². The lowest BCUT2D eigenvalue weighted by atomic mass is 9.98. The summed E-state index contributed by atoms with van der Waals surface area (Å²) in [5.41, 5.74) is 6.14. The van der Waals surface area contributed by atoms with Gasteiger partial charge >= 0.3 is 5.97 Å². The summed E-state index contributed by atoms with van der Waals surface area (Å²) < 4.78 is 0. The predicted octanol–water partition coefficient (Wildman–Crippen LogP) is 7.18. The molecule has 0 aliphatic carbocycles. The number of hydrogen-bond acceptors (Lipinski definition) is 5. The molecule has 0 radical (unpaired) electrons. The zero-order valence-corrected chi connectivity index (χ0v) is 23.3. The lowest BCUT2D eigenvalue weighted by Crippen LogP contribution is -2.27. The first-order chi connectivity index (χ1) is 19.7. The highest BCUT2D eigenvalue weighted by atomic mass is 16.6. The van der Waals surface area contributed by atoms with Crippen LogP contribution in [0.3, 0.4) is 0 Å². The normalized spacial score (nSPS) is 11.5. The number of carbonyl (C=O) groups excluding carboxylic acids is 1. The van der Waals surface area contributed by atoms with E-state index < -0.39 is 10.9 Å². The van der Waals surface area contributed by atoms with Crippen molar-refractivity contribution in [3.05, 3.63) is 129 Å². The number of carboxylic acid groups (broad SMARTS) is 1. The number of nitro groups is 1. The summed E-state index contributed by atoms with van der Waals surface area (Å²) in [6.45, 7) is 7.36. The quantitative estimate of drug-likeness (QED) is 0.151. The van der Waals surface area contributed by atoms with E-state index in [2.05, 4.69) is 17.1 Å². The number of nitro benzene ring substituents is 1. The Balaban J connectivity index is 1.51. The molecule has 1 atom stereocenters. The van der Waals surface area contributed by atoms with E-state index in [0.29, 0.717) is 17.7 Å². The van der Waals surface area contributed by atoms with Gasteiger partial charge in [-0.15, -0.1) is 0 Å². The van der Waals surface area contributed by atoms with Crippen molar-refractivity contribution in [2.24, 2.45) is 0 Å². The second-order valence-electron chi connectivity index (χ2n) is 10.0. The van der Waals surface area contributed by atoms with Gasteiger partial charge in [0.1, 0.15) is 0 Å². The molecule has 0 aliphatic heterocycles. The second kappa shape index (κ2) is 12.9. The molecular formula is C33H33N3O5. The van der Waals surface area contributed by atoms with Gasteiger partial charge in [0.2, 0.25) is 0 Å². The first-order valence-electron chi connectivity index (χ1n) is 13.5. The minimum absolute atomic E-state index is 0.00641. The van der Waals surface area contributed by atoms with Crippen molar-refractivity contribution in [3.8, 4) is 11.1 Å². The minimum Gasteiger partial charge on any atom is -0.478 e. The first kappa shape index (κ1) is 29.0. The molecule has 8 heteroatoms. The number of benzene rings is 4. The maximum absolute atomic E-state index is 13.0. The van der Waals surface area contributed by atoms with Crippen LogP contribution in [0.25, 0.3) is 11.1 Å². The molecule has 0 aliphatic rings. The van der Waals surface area contributed by atoms with Gasteiger partial charge in [-0.1, -0.05) is 55.5 Å². The number of amides is 1. The summed E-state index contributed by atoms with van der Waals surface area (Å²) in [7, 11) is 0. The Morgan fingerprint density at radius 3 is 2.37 bits per heavy atom. The number of nitrogens with zero attached hydrogens (tertiary/aromatic N) is 2. The van der Waals surface area contributed by atoms with Crippen molar-refractivity contribution < 1.29 is 19.6 Å². The van der Waals surface area contributed by atoms with Crippen LogP contribution in [-0.4, -0.2) is 28.5 Å². The maximum Gasteiger partial charge on any atom is 0.336 e. The zero-order chi connectivity index (χ0) is 29.5. The Hall–Kier alpha value is -4.98. The molecule has 0 saturated heterocycles. The van der Waals surface area contributed by atoms with E-state index in [1.165, 1.54) is 12.1 Å². The van der Waals surface area contributed by atoms with E-state index in [9.17, 15) is 24.8 Å². The van der Waals surface area contributed by atoms with E-state index >= 15 is 0 Å². The van der Waals surface area contributed by atoms with E-state index in [4.69, 9.17) is 0 Å². The average molecular weight is 552 g/mol. The van der Waals surface area contributed by atoms with Crippen LogP contribution in [-0.2, 0) is 6.54 Å². The summed E-state index contributed by atoms with van der Waals surface area (Å²) in [6.07, 6.45) is 0.927. The van der Waals surface area contributed by atoms with Crippen molar-refractivity contribution in [1.82, 2.24) is 5.32 Å². The molecule has 0 spiro atoms. The summed E-state index contributed by atoms with van der Waals surface area (Å²) in [5, 5.41) is 23.5. The molecule has 0 heterocycles. The topological polar surface area (TPSA) is 113 Å². The van der Waals surface area contributed by atoms with Crippen LogP contribution in [0.5, 0.6) is 0 Å². The van der Waals surface area contributed by atoms with Gasteiger partial charge in [0.25, 0.3) is 11.6 Å². The van der Waals surface area contributed by atoms with Crippen molar-refractivity contribution in [3.63, 3.8) is 0 Å². The van der Waals surface area contributed by atoms with Gasteiger partial charge in [-0.05, 0) is 78.4 Å². The molecule has 4 rings (SSSR count). The minimum atomic E-state index is -0.958. The smallest absolute Gasteiger partial charge is 0.336 e. The fourth-order valence-corrected chi connectivity index (χ4v) is 4.93. The average Bonchev–Trinajstić information content (AvgIpc) is 2.97. The molecule has 1 amide bonds. The number of hydrogen-bond donors (Lipinski definition) is 2. The summed E-state index contributed by atoms with van der Waals surface area (Å²) in [6, 6.07) is 26.4. The Morgan fingerprint density at radius 1 is 0.976 bits per heavy atom. The van der Waals surface area contributed by atoms with Gasteiger partial charge in [-0.25, -0.2) is 4.79 Å². The summed E-state index contributed by atoms with van der Waals surface area (Å²) >= 11 is 0. The van der Waals surface area contributed by atoms with Crippen molar-refractivity contribution in [2.75, 3.05) is 11.4 Å². The monoisotopic (exact) mass is 551 g/mol. The third-order valence-electron chi connectivity index (χ3n) is 7.01. The molecular weight excluding hydrogens is 518 g/mol. The standard InChI is InChI=1S/C33H33N3O5/c1-4-18-35(21-24-8-7-9-26(20-24)29-10-5-6-11-30(29)33(38)39)31-17-14-27(19-22(31)2)32(37)34-23(3)25-12-15-28(16-13-25)36(40)41/h5-17,19-20,23H,4,18,21H2,1-3H3,(H,34,37)(H,38,39)/t23-/m0/s1. The molecule has 0 fully saturated rings. The van der Waals surface area contributed by atoms with E-state index in [0.717, 1.165) is 40.9 Å². The van der Waals surface area contributed by atoms with Crippen LogP contribution in [0.1, 0.15) is 63.7 Å². The van der Waals surface area contributed by atoms with Gasteiger partial charge in [-0.2, -0.15) is 0 Å². The molecule has 2 N–H and O–H groups in total. The molecule has 0 unspecified atom stereocenters. The molecule has 0 saturated carbocycles. The van der Waals surface area contributed by atoms with Gasteiger partial charge < -0.3 is 15.3 Å². The molecule has 4 aromatic rings. The molecule has 0 aromatic heterocycles. The maximum atomic E-state index is 13.0. The van der Waals surface area contributed by atoms with Crippen LogP contribution >= 0.6 is 0 Å². The van der Waals surface area contributed by atoms with Crippen LogP contribution in [0.15, 0.2) is 91.0 Å². The van der Waals surface area contributed by atoms with Crippen LogP contribution in [0, 0.1) is 17.0 Å². The van der Waals surface area contributed by atoms with Crippen LogP contribution in [0.4, 0.5) is 11.4 Å². The molecule has 210 valence electrons. The van der Waals surface area contributed by atoms with E-state index in [1.54, 1.807) is 24.3 Å². The number of carboxylic acids is 1. The predicted molar refractivity (Wildman–Crippen MR) is 160 cm³/mol. The Bertz CT molecular complexity index is 1570. The number of non-ortho nitro benzene ring substituents is 1. The number of carbonyl (C=O) groups is 2. The third kappa shape index (κ3) is 6.97. The molecule has 4 aromatic carbocycles. The number of nitrogens with one attached hydrogen (secondary N) is 1. The Kier molecular flexibility index (Phi) is 9.14. The van der Waals surface area contributed by atoms with Crippen molar-refractivity contribution in [1.29, 1.82) is 0 Å². The highest BCUT2D eigenvalue weighted by Crippen LogP contribution is 2.28. The molecule has 41 heavy (non-hydrogen) atoms. The van der Waals surface area contributed by atoms with Gasteiger partial charge in [0.15, 0.2) is 0 Å². The highest BCUT2D eigenvalue weighted by Gasteiger charge is 2.17. The second-order valence-corrected chi connectivity index (χ2v) is 10.0. The van der Waals surface area contributed by atoms with E-state index in [1.807, 2.05) is 68.4 Å². The fraction of sp³-hybridized carbons (Fsp3) is 0.212. The number of rotatable bonds is 11. The SMILES string of the molecule is CCCN(Cc1cccc(-c2ccccc2C(=O)O)c1)c1ccc(C(=O)N[C@@H](C)c2ccc([N+](=O)[O-])cc2)cc1C. The lowest BCUT2D eigenvalue weighted by molar-refractivity contribution is -0.384. The van der Waals surface area contributed by atoms with Crippen molar-refractivity contribution >= 4 is 23.3 Å². The van der Waals surface area contributed by atoms with Gasteiger partial charge in [0.05, 0.1) is 16.5 Å². The number of aromatic carboxylic acids is 1. The van der Waals surface area contributed by atoms with Gasteiger partial charge in [0, 0.05) is 36.5 Å². The fourth-order valence-electron chi connectivity index (χ4n) is 4.93. The number of aryl methyl sites for hydroxylation is 1. The van der Waals surface area contributed by atoms with Gasteiger partial charge in [-0.3, -0.25) is 14.9 Å². The van der Waals surface area contributed by atoms with Crippen LogP contribution in [0.2, 0.25) is 0 Å². The third-order valence-corrected chi connectivity index (χ3v) is 7.01. The first-order valence-corrected chi connectivity index (χ1v) is 13.5. The Morgan fingerprint density at radius 2 is 1.71 bits per heavy atom.